The zero-order chi connectivity index (χ0) is 24.9. The van der Waals surface area contributed by atoms with Crippen LogP contribution < -0.4 is 9.62 Å². The summed E-state index contributed by atoms with van der Waals surface area (Å²) in [6.45, 7) is 1.44. The van der Waals surface area contributed by atoms with Crippen molar-refractivity contribution in [1.29, 1.82) is 0 Å². The second-order valence-electron chi connectivity index (χ2n) is 8.54. The van der Waals surface area contributed by atoms with Gasteiger partial charge in [0.15, 0.2) is 0 Å². The lowest BCUT2D eigenvalue weighted by Crippen LogP contribution is -2.52. The van der Waals surface area contributed by atoms with E-state index in [9.17, 15) is 18.0 Å². The molecule has 2 aromatic carbocycles. The molecule has 2 aromatic rings. The highest BCUT2D eigenvalue weighted by atomic mass is 79.9. The van der Waals surface area contributed by atoms with Crippen molar-refractivity contribution in [2.24, 2.45) is 0 Å². The van der Waals surface area contributed by atoms with E-state index in [-0.39, 0.29) is 18.5 Å². The van der Waals surface area contributed by atoms with Crippen LogP contribution in [0.3, 0.4) is 0 Å². The molecule has 1 unspecified atom stereocenters. The Labute approximate surface area is 218 Å². The van der Waals surface area contributed by atoms with Gasteiger partial charge in [-0.25, -0.2) is 8.42 Å². The molecule has 0 spiro atoms. The van der Waals surface area contributed by atoms with Crippen molar-refractivity contribution in [2.75, 3.05) is 17.1 Å². The highest BCUT2D eigenvalue weighted by Crippen LogP contribution is 2.28. The molecule has 1 saturated carbocycles. The molecule has 0 heterocycles. The third-order valence-corrected chi connectivity index (χ3v) is 8.20. The third kappa shape index (κ3) is 7.05. The lowest BCUT2D eigenvalue weighted by molar-refractivity contribution is -0.139. The van der Waals surface area contributed by atoms with Crippen LogP contribution in [-0.2, 0) is 26.2 Å². The Bertz CT molecular complexity index is 1140. The van der Waals surface area contributed by atoms with Crippen molar-refractivity contribution in [2.45, 2.75) is 51.2 Å². The molecule has 2 amide bonds. The van der Waals surface area contributed by atoms with Gasteiger partial charge in [0.05, 0.1) is 11.9 Å². The van der Waals surface area contributed by atoms with Gasteiger partial charge in [-0.2, -0.15) is 0 Å². The maximum Gasteiger partial charge on any atom is 0.244 e. The van der Waals surface area contributed by atoms with E-state index in [0.717, 1.165) is 46.3 Å². The maximum absolute atomic E-state index is 13.6. The van der Waals surface area contributed by atoms with Crippen molar-refractivity contribution < 1.29 is 18.0 Å². The number of sulfonamides is 1. The van der Waals surface area contributed by atoms with Crippen molar-refractivity contribution in [1.82, 2.24) is 10.2 Å². The Morgan fingerprint density at radius 1 is 1.09 bits per heavy atom. The molecule has 7 nitrogen and oxygen atoms in total. The minimum atomic E-state index is -3.77. The SMILES string of the molecule is CC(C(=O)NC1CCCC1)N(Cc1cccc(Br)c1)C(=O)CN(c1ccccc1Br)S(C)(=O)=O. The number of para-hydroxylation sites is 1. The lowest BCUT2D eigenvalue weighted by Gasteiger charge is -2.32. The van der Waals surface area contributed by atoms with E-state index >= 15 is 0 Å². The van der Waals surface area contributed by atoms with Gasteiger partial charge >= 0.3 is 0 Å². The van der Waals surface area contributed by atoms with Crippen molar-refractivity contribution in [3.63, 3.8) is 0 Å². The van der Waals surface area contributed by atoms with E-state index in [4.69, 9.17) is 0 Å². The predicted molar refractivity (Wildman–Crippen MR) is 141 cm³/mol. The summed E-state index contributed by atoms with van der Waals surface area (Å²) >= 11 is 6.82. The van der Waals surface area contributed by atoms with E-state index in [0.29, 0.717) is 10.2 Å². The zero-order valence-electron chi connectivity index (χ0n) is 19.2. The summed E-state index contributed by atoms with van der Waals surface area (Å²) in [5.74, 6) is -0.697. The number of amides is 2. The first-order valence-electron chi connectivity index (χ1n) is 11.1. The third-order valence-electron chi connectivity index (χ3n) is 5.91. The first-order chi connectivity index (χ1) is 16.1. The Hall–Kier alpha value is -1.91. The van der Waals surface area contributed by atoms with Crippen LogP contribution in [0.4, 0.5) is 5.69 Å². The molecule has 0 aromatic heterocycles. The summed E-state index contributed by atoms with van der Waals surface area (Å²) in [4.78, 5) is 28.1. The maximum atomic E-state index is 13.6. The molecule has 34 heavy (non-hydrogen) atoms. The van der Waals surface area contributed by atoms with Gasteiger partial charge in [-0.1, -0.05) is 53.0 Å². The number of carbonyl (C=O) groups is 2. The number of benzene rings is 2. The second kappa shape index (κ2) is 11.7. The van der Waals surface area contributed by atoms with Crippen molar-refractivity contribution in [3.05, 3.63) is 63.0 Å². The highest BCUT2D eigenvalue weighted by Gasteiger charge is 2.31. The number of anilines is 1. The van der Waals surface area contributed by atoms with Crippen LogP contribution in [0.1, 0.15) is 38.2 Å². The summed E-state index contributed by atoms with van der Waals surface area (Å²) in [5, 5.41) is 3.05. The number of carbonyl (C=O) groups excluding carboxylic acids is 2. The lowest BCUT2D eigenvalue weighted by atomic mass is 10.1. The van der Waals surface area contributed by atoms with Crippen LogP contribution in [0.2, 0.25) is 0 Å². The molecule has 0 radical (unpaired) electrons. The molecular formula is C24H29Br2N3O4S. The molecular weight excluding hydrogens is 586 g/mol. The fraction of sp³-hybridized carbons (Fsp3) is 0.417. The Morgan fingerprint density at radius 2 is 1.76 bits per heavy atom. The zero-order valence-corrected chi connectivity index (χ0v) is 23.2. The molecule has 184 valence electrons. The van der Waals surface area contributed by atoms with Gasteiger partial charge < -0.3 is 10.2 Å². The number of hydrogen-bond donors (Lipinski definition) is 1. The van der Waals surface area contributed by atoms with Crippen LogP contribution >= 0.6 is 31.9 Å². The predicted octanol–water partition coefficient (Wildman–Crippen LogP) is 4.45. The second-order valence-corrected chi connectivity index (χ2v) is 12.2. The highest BCUT2D eigenvalue weighted by molar-refractivity contribution is 9.10. The molecule has 1 aliphatic carbocycles. The molecule has 1 N–H and O–H groups in total. The van der Waals surface area contributed by atoms with Crippen LogP contribution in [0, 0.1) is 0 Å². The fourth-order valence-corrected chi connectivity index (χ4v) is 5.98. The van der Waals surface area contributed by atoms with Crippen molar-refractivity contribution in [3.8, 4) is 0 Å². The van der Waals surface area contributed by atoms with Gasteiger partial charge in [-0.15, -0.1) is 0 Å². The number of halogens is 2. The monoisotopic (exact) mass is 613 g/mol. The van der Waals surface area contributed by atoms with Gasteiger partial charge in [-0.05, 0) is 65.5 Å². The number of rotatable bonds is 9. The summed E-state index contributed by atoms with van der Waals surface area (Å²) in [7, 11) is -3.77. The molecule has 1 aliphatic rings. The summed E-state index contributed by atoms with van der Waals surface area (Å²) in [5.41, 5.74) is 1.19. The molecule has 0 bridgehead atoms. The van der Waals surface area contributed by atoms with Crippen LogP contribution in [-0.4, -0.2) is 50.0 Å². The van der Waals surface area contributed by atoms with E-state index < -0.39 is 28.5 Å². The van der Waals surface area contributed by atoms with Gasteiger partial charge in [0.25, 0.3) is 0 Å². The summed E-state index contributed by atoms with van der Waals surface area (Å²) < 4.78 is 27.7. The van der Waals surface area contributed by atoms with E-state index in [1.165, 1.54) is 4.90 Å². The molecule has 1 atom stereocenters. The number of nitrogens with zero attached hydrogens (tertiary/aromatic N) is 2. The molecule has 1 fully saturated rings. The average Bonchev–Trinajstić information content (AvgIpc) is 3.28. The first kappa shape index (κ1) is 26.7. The smallest absolute Gasteiger partial charge is 0.244 e. The molecule has 0 saturated heterocycles. The van der Waals surface area contributed by atoms with Crippen LogP contribution in [0.25, 0.3) is 0 Å². The van der Waals surface area contributed by atoms with Crippen LogP contribution in [0.15, 0.2) is 57.5 Å². The number of nitrogens with one attached hydrogen (secondary N) is 1. The Balaban J connectivity index is 1.89. The summed E-state index contributed by atoms with van der Waals surface area (Å²) in [6.07, 6.45) is 5.09. The normalized spacial score (nSPS) is 15.1. The van der Waals surface area contributed by atoms with Crippen LogP contribution in [0.5, 0.6) is 0 Å². The van der Waals surface area contributed by atoms with Gasteiger partial charge in [0.1, 0.15) is 12.6 Å². The Kier molecular flexibility index (Phi) is 9.17. The van der Waals surface area contributed by atoms with Gasteiger partial charge in [0.2, 0.25) is 21.8 Å². The fourth-order valence-electron chi connectivity index (χ4n) is 4.06. The first-order valence-corrected chi connectivity index (χ1v) is 14.6. The minimum absolute atomic E-state index is 0.116. The Morgan fingerprint density at radius 3 is 2.38 bits per heavy atom. The standard InChI is InChI=1S/C24H29Br2N3O4S/c1-17(24(31)27-20-10-3-4-11-20)28(15-18-8-7-9-19(25)14-18)23(30)16-29(34(2,32)33)22-13-6-5-12-21(22)26/h5-9,12-14,17,20H,3-4,10-11,15-16H2,1-2H3,(H,27,31). The molecule has 0 aliphatic heterocycles. The minimum Gasteiger partial charge on any atom is -0.352 e. The largest absolute Gasteiger partial charge is 0.352 e. The molecule has 10 heteroatoms. The quantitative estimate of drug-likeness (QED) is 0.452. The van der Waals surface area contributed by atoms with Gasteiger partial charge in [-0.3, -0.25) is 13.9 Å². The van der Waals surface area contributed by atoms with Gasteiger partial charge in [0, 0.05) is 21.5 Å². The van der Waals surface area contributed by atoms with E-state index in [1.54, 1.807) is 31.2 Å². The number of hydrogen-bond acceptors (Lipinski definition) is 4. The van der Waals surface area contributed by atoms with E-state index in [1.807, 2.05) is 24.3 Å². The average molecular weight is 615 g/mol. The molecule has 3 rings (SSSR count). The van der Waals surface area contributed by atoms with Crippen molar-refractivity contribution >= 4 is 59.4 Å². The summed E-state index contributed by atoms with van der Waals surface area (Å²) in [6, 6.07) is 13.7. The van der Waals surface area contributed by atoms with E-state index in [2.05, 4.69) is 37.2 Å². The topological polar surface area (TPSA) is 86.8 Å².